The molecule has 1 N–H and O–H groups in total. The number of carbonyl (C=O) groups excluding carboxylic acids is 1. The molecular weight excluding hydrogens is 486 g/mol. The van der Waals surface area contributed by atoms with Gasteiger partial charge in [-0.1, -0.05) is 66.7 Å². The van der Waals surface area contributed by atoms with Crippen molar-refractivity contribution in [3.63, 3.8) is 0 Å². The molecule has 7 heteroatoms. The molecule has 37 heavy (non-hydrogen) atoms. The fourth-order valence-electron chi connectivity index (χ4n) is 5.81. The Morgan fingerprint density at radius 3 is 2.16 bits per heavy atom. The Morgan fingerprint density at radius 2 is 1.59 bits per heavy atom. The molecule has 1 aliphatic carbocycles. The summed E-state index contributed by atoms with van der Waals surface area (Å²) in [6.45, 7) is 5.26. The second-order valence-corrected chi connectivity index (χ2v) is 11.9. The van der Waals surface area contributed by atoms with Gasteiger partial charge in [-0.15, -0.1) is 0 Å². The average Bonchev–Trinajstić information content (AvgIpc) is 3.01. The fraction of sp³-hybridized carbons (Fsp3) is 0.267. The molecule has 5 rings (SSSR count). The van der Waals surface area contributed by atoms with E-state index in [0.717, 1.165) is 17.4 Å². The van der Waals surface area contributed by atoms with E-state index in [0.29, 0.717) is 39.2 Å². The van der Waals surface area contributed by atoms with Gasteiger partial charge in [0.1, 0.15) is 16.8 Å². The van der Waals surface area contributed by atoms with Crippen LogP contribution < -0.4 is 0 Å². The summed E-state index contributed by atoms with van der Waals surface area (Å²) in [5.41, 5.74) is 3.33. The number of ether oxygens (including phenoxy) is 1. The van der Waals surface area contributed by atoms with Gasteiger partial charge in [-0.25, -0.2) is 8.42 Å². The average molecular weight is 516 g/mol. The lowest BCUT2D eigenvalue weighted by Gasteiger charge is -2.30. The Hall–Kier alpha value is -3.55. The predicted octanol–water partition coefficient (Wildman–Crippen LogP) is 5.07. The summed E-state index contributed by atoms with van der Waals surface area (Å²) in [6, 6.07) is 22.4. The van der Waals surface area contributed by atoms with Gasteiger partial charge < -0.3 is 9.84 Å². The summed E-state index contributed by atoms with van der Waals surface area (Å²) in [5.74, 6) is -1.51. The number of aliphatic imine (C=N–C) groups is 1. The highest BCUT2D eigenvalue weighted by atomic mass is 32.2. The number of sulfone groups is 1. The number of esters is 1. The van der Waals surface area contributed by atoms with E-state index in [4.69, 9.17) is 9.73 Å². The van der Waals surface area contributed by atoms with Crippen molar-refractivity contribution in [2.75, 3.05) is 12.9 Å². The van der Waals surface area contributed by atoms with E-state index in [2.05, 4.69) is 0 Å². The lowest BCUT2D eigenvalue weighted by Crippen LogP contribution is -2.36. The van der Waals surface area contributed by atoms with Gasteiger partial charge in [-0.05, 0) is 60.2 Å². The Bertz CT molecular complexity index is 1550. The molecular formula is C30H29NO5S. The number of aryl methyl sites for hydroxylation is 1. The van der Waals surface area contributed by atoms with Crippen LogP contribution in [0.2, 0.25) is 0 Å². The zero-order valence-electron chi connectivity index (χ0n) is 21.2. The quantitative estimate of drug-likeness (QED) is 0.479. The molecule has 0 unspecified atom stereocenters. The van der Waals surface area contributed by atoms with Gasteiger partial charge >= 0.3 is 5.97 Å². The minimum atomic E-state index is -3.76. The lowest BCUT2D eigenvalue weighted by atomic mass is 9.79. The van der Waals surface area contributed by atoms with E-state index in [1.54, 1.807) is 6.92 Å². The van der Waals surface area contributed by atoms with Crippen LogP contribution >= 0.6 is 0 Å². The maximum absolute atomic E-state index is 13.8. The van der Waals surface area contributed by atoms with Gasteiger partial charge in [-0.2, -0.15) is 0 Å². The molecule has 1 heterocycles. The maximum atomic E-state index is 13.8. The van der Waals surface area contributed by atoms with Crippen molar-refractivity contribution in [1.82, 2.24) is 0 Å². The number of nitrogens with zero attached hydrogens (tertiary/aromatic N) is 1. The van der Waals surface area contributed by atoms with Crippen molar-refractivity contribution < 1.29 is 23.1 Å². The third-order valence-electron chi connectivity index (χ3n) is 7.15. The Balaban J connectivity index is 2.01. The SMILES string of the molecule is CCOC(=O)[C@H]1C(c2ccccc2)=Nc2ccc(C)c3c2C(=C1c1ccccc1)[C@](C)(O)[C@@H]3S(C)(=O)=O. The highest BCUT2D eigenvalue weighted by molar-refractivity contribution is 7.91. The second kappa shape index (κ2) is 9.08. The fourth-order valence-corrected chi connectivity index (χ4v) is 7.49. The molecule has 0 saturated carbocycles. The molecule has 0 radical (unpaired) electrons. The number of hydrogen-bond donors (Lipinski definition) is 1. The number of hydrogen-bond acceptors (Lipinski definition) is 6. The molecule has 0 aromatic heterocycles. The van der Waals surface area contributed by atoms with Crippen molar-refractivity contribution >= 4 is 38.4 Å². The third kappa shape index (κ3) is 4.03. The van der Waals surface area contributed by atoms with Crippen LogP contribution in [0.1, 0.15) is 46.9 Å². The molecule has 3 aromatic rings. The number of benzene rings is 3. The molecule has 0 saturated heterocycles. The molecule has 0 bridgehead atoms. The first-order valence-corrected chi connectivity index (χ1v) is 14.2. The molecule has 0 spiro atoms. The van der Waals surface area contributed by atoms with E-state index < -0.39 is 32.6 Å². The van der Waals surface area contributed by atoms with Crippen molar-refractivity contribution in [2.24, 2.45) is 10.9 Å². The topological polar surface area (TPSA) is 93.0 Å². The smallest absolute Gasteiger partial charge is 0.319 e. The summed E-state index contributed by atoms with van der Waals surface area (Å²) in [6.07, 6.45) is 1.14. The normalized spacial score (nSPS) is 22.8. The van der Waals surface area contributed by atoms with E-state index in [1.807, 2.05) is 79.7 Å². The maximum Gasteiger partial charge on any atom is 0.319 e. The molecule has 3 aromatic carbocycles. The van der Waals surface area contributed by atoms with Gasteiger partial charge in [0.05, 0.1) is 18.0 Å². The summed E-state index contributed by atoms with van der Waals surface area (Å²) < 4.78 is 31.9. The first-order valence-electron chi connectivity index (χ1n) is 12.2. The summed E-state index contributed by atoms with van der Waals surface area (Å²) in [7, 11) is -3.76. The van der Waals surface area contributed by atoms with Crippen LogP contribution in [0, 0.1) is 12.8 Å². The van der Waals surface area contributed by atoms with Crippen molar-refractivity contribution in [2.45, 2.75) is 31.6 Å². The van der Waals surface area contributed by atoms with Crippen LogP contribution in [0.25, 0.3) is 11.1 Å². The van der Waals surface area contributed by atoms with Crippen molar-refractivity contribution in [1.29, 1.82) is 0 Å². The molecule has 2 aliphatic rings. The minimum Gasteiger partial charge on any atom is -0.465 e. The molecule has 3 atom stereocenters. The molecule has 6 nitrogen and oxygen atoms in total. The molecule has 190 valence electrons. The van der Waals surface area contributed by atoms with Crippen LogP contribution in [0.4, 0.5) is 5.69 Å². The molecule has 0 fully saturated rings. The van der Waals surface area contributed by atoms with E-state index >= 15 is 0 Å². The van der Waals surface area contributed by atoms with Gasteiger partial charge in [0.25, 0.3) is 0 Å². The third-order valence-corrected chi connectivity index (χ3v) is 8.70. The van der Waals surface area contributed by atoms with E-state index in [9.17, 15) is 18.3 Å². The number of aliphatic hydroxyl groups is 1. The summed E-state index contributed by atoms with van der Waals surface area (Å²) in [5, 5.41) is 10.9. The Morgan fingerprint density at radius 1 is 1.00 bits per heavy atom. The van der Waals surface area contributed by atoms with Crippen LogP contribution in [-0.4, -0.2) is 43.7 Å². The van der Waals surface area contributed by atoms with E-state index in [-0.39, 0.29) is 6.61 Å². The van der Waals surface area contributed by atoms with Gasteiger partial charge in [-0.3, -0.25) is 9.79 Å². The van der Waals surface area contributed by atoms with E-state index in [1.165, 1.54) is 6.92 Å². The van der Waals surface area contributed by atoms with Crippen LogP contribution in [0.5, 0.6) is 0 Å². The highest BCUT2D eigenvalue weighted by Crippen LogP contribution is 2.59. The number of carbonyl (C=O) groups is 1. The predicted molar refractivity (Wildman–Crippen MR) is 145 cm³/mol. The Kier molecular flexibility index (Phi) is 6.16. The first-order chi connectivity index (χ1) is 17.6. The monoisotopic (exact) mass is 515 g/mol. The van der Waals surface area contributed by atoms with Crippen LogP contribution in [0.15, 0.2) is 77.8 Å². The van der Waals surface area contributed by atoms with Crippen LogP contribution in [-0.2, 0) is 19.4 Å². The summed E-state index contributed by atoms with van der Waals surface area (Å²) in [4.78, 5) is 18.8. The number of rotatable bonds is 5. The van der Waals surface area contributed by atoms with Crippen molar-refractivity contribution in [3.05, 3.63) is 101 Å². The Labute approximate surface area is 217 Å². The van der Waals surface area contributed by atoms with Gasteiger partial charge in [0, 0.05) is 11.8 Å². The molecule has 1 aliphatic heterocycles. The van der Waals surface area contributed by atoms with Gasteiger partial charge in [0.2, 0.25) is 0 Å². The lowest BCUT2D eigenvalue weighted by molar-refractivity contribution is -0.143. The largest absolute Gasteiger partial charge is 0.465 e. The zero-order valence-corrected chi connectivity index (χ0v) is 22.0. The van der Waals surface area contributed by atoms with Crippen molar-refractivity contribution in [3.8, 4) is 0 Å². The molecule has 0 amide bonds. The van der Waals surface area contributed by atoms with Crippen LogP contribution in [0.3, 0.4) is 0 Å². The highest BCUT2D eigenvalue weighted by Gasteiger charge is 2.55. The minimum absolute atomic E-state index is 0.161. The zero-order chi connectivity index (χ0) is 26.5. The summed E-state index contributed by atoms with van der Waals surface area (Å²) >= 11 is 0. The second-order valence-electron chi connectivity index (χ2n) is 9.75. The van der Waals surface area contributed by atoms with Gasteiger partial charge in [0.15, 0.2) is 9.84 Å². The first kappa shape index (κ1) is 25.1. The standard InChI is InChI=1S/C30H29NO5S/c1-5-36-29(32)25-23(19-12-8-6-9-13-19)26-24-21(31-27(25)20-14-10-7-11-15-20)17-16-18(2)22(24)28(30(26,3)33)37(4,34)35/h6-17,25,28,33H,5H2,1-4H3/t25-,28-,30+/m1/s1.